The van der Waals surface area contributed by atoms with E-state index >= 15 is 0 Å². The van der Waals surface area contributed by atoms with Crippen molar-refractivity contribution in [2.24, 2.45) is 0 Å². The summed E-state index contributed by atoms with van der Waals surface area (Å²) in [5.41, 5.74) is 2.13. The lowest BCUT2D eigenvalue weighted by Crippen LogP contribution is -2.31. The van der Waals surface area contributed by atoms with Crippen molar-refractivity contribution in [1.29, 1.82) is 0 Å². The van der Waals surface area contributed by atoms with E-state index in [2.05, 4.69) is 34.7 Å². The van der Waals surface area contributed by atoms with Crippen LogP contribution in [0.1, 0.15) is 32.4 Å². The van der Waals surface area contributed by atoms with Gasteiger partial charge in [0.1, 0.15) is 5.82 Å². The molecule has 0 bridgehead atoms. The molecule has 1 aliphatic rings. The minimum absolute atomic E-state index is 0.807. The largest absolute Gasteiger partial charge is 0.355 e. The lowest BCUT2D eigenvalue weighted by atomic mass is 10.2. The standard InChI is InChI=1S/C19H27N5/c1-3-10-23-11-5-12-24(14-13-23)18-15-17(4-2)21-19(22-18)16-6-8-20-9-7-16/h6-9,15H,3-5,10-14H2,1-2H3. The first-order valence-corrected chi connectivity index (χ1v) is 9.05. The van der Waals surface area contributed by atoms with Crippen LogP contribution in [0.3, 0.4) is 0 Å². The van der Waals surface area contributed by atoms with E-state index in [-0.39, 0.29) is 0 Å². The molecule has 5 heteroatoms. The predicted octanol–water partition coefficient (Wildman–Crippen LogP) is 3.02. The van der Waals surface area contributed by atoms with E-state index in [1.165, 1.54) is 25.9 Å². The van der Waals surface area contributed by atoms with Gasteiger partial charge in [0.2, 0.25) is 0 Å². The van der Waals surface area contributed by atoms with Crippen LogP contribution < -0.4 is 4.90 Å². The predicted molar refractivity (Wildman–Crippen MR) is 98.2 cm³/mol. The monoisotopic (exact) mass is 325 g/mol. The molecule has 1 aliphatic heterocycles. The molecule has 3 rings (SSSR count). The van der Waals surface area contributed by atoms with Gasteiger partial charge in [-0.05, 0) is 44.5 Å². The second-order valence-corrected chi connectivity index (χ2v) is 6.31. The average molecular weight is 325 g/mol. The summed E-state index contributed by atoms with van der Waals surface area (Å²) in [6, 6.07) is 6.11. The third-order valence-electron chi connectivity index (χ3n) is 4.52. The number of hydrogen-bond acceptors (Lipinski definition) is 5. The fourth-order valence-electron chi connectivity index (χ4n) is 3.20. The second-order valence-electron chi connectivity index (χ2n) is 6.31. The van der Waals surface area contributed by atoms with Crippen molar-refractivity contribution in [1.82, 2.24) is 19.9 Å². The van der Waals surface area contributed by atoms with Gasteiger partial charge >= 0.3 is 0 Å². The third kappa shape index (κ3) is 4.09. The Bertz CT molecular complexity index is 643. The SMILES string of the molecule is CCCN1CCCN(c2cc(CC)nc(-c3ccncc3)n2)CC1. The van der Waals surface area contributed by atoms with Crippen LogP contribution in [0.15, 0.2) is 30.6 Å². The highest BCUT2D eigenvalue weighted by molar-refractivity contribution is 5.57. The van der Waals surface area contributed by atoms with E-state index in [9.17, 15) is 0 Å². The maximum absolute atomic E-state index is 4.86. The van der Waals surface area contributed by atoms with E-state index in [4.69, 9.17) is 9.97 Å². The summed E-state index contributed by atoms with van der Waals surface area (Å²) in [4.78, 5) is 18.6. The van der Waals surface area contributed by atoms with E-state index in [0.717, 1.165) is 49.0 Å². The Kier molecular flexibility index (Phi) is 5.75. The van der Waals surface area contributed by atoms with Gasteiger partial charge < -0.3 is 9.80 Å². The van der Waals surface area contributed by atoms with Crippen LogP contribution in [0.5, 0.6) is 0 Å². The van der Waals surface area contributed by atoms with Crippen LogP contribution in [0.2, 0.25) is 0 Å². The second kappa shape index (κ2) is 8.20. The summed E-state index contributed by atoms with van der Waals surface area (Å²) in [7, 11) is 0. The summed E-state index contributed by atoms with van der Waals surface area (Å²) in [6.07, 6.45) is 6.93. The number of anilines is 1. The van der Waals surface area contributed by atoms with E-state index in [1.54, 1.807) is 12.4 Å². The van der Waals surface area contributed by atoms with Crippen molar-refractivity contribution < 1.29 is 0 Å². The molecule has 0 radical (unpaired) electrons. The van der Waals surface area contributed by atoms with E-state index < -0.39 is 0 Å². The van der Waals surface area contributed by atoms with Crippen LogP contribution in [0.4, 0.5) is 5.82 Å². The molecule has 1 fully saturated rings. The Morgan fingerprint density at radius 1 is 1.00 bits per heavy atom. The molecule has 0 aromatic carbocycles. The Morgan fingerprint density at radius 2 is 1.83 bits per heavy atom. The molecule has 0 atom stereocenters. The van der Waals surface area contributed by atoms with Crippen molar-refractivity contribution in [3.8, 4) is 11.4 Å². The maximum Gasteiger partial charge on any atom is 0.161 e. The minimum Gasteiger partial charge on any atom is -0.355 e. The number of pyridine rings is 1. The number of aryl methyl sites for hydroxylation is 1. The highest BCUT2D eigenvalue weighted by Crippen LogP contribution is 2.21. The van der Waals surface area contributed by atoms with Crippen LogP contribution in [-0.4, -0.2) is 52.6 Å². The summed E-state index contributed by atoms with van der Waals surface area (Å²) >= 11 is 0. The Morgan fingerprint density at radius 3 is 2.58 bits per heavy atom. The van der Waals surface area contributed by atoms with Crippen molar-refractivity contribution in [2.45, 2.75) is 33.1 Å². The highest BCUT2D eigenvalue weighted by Gasteiger charge is 2.17. The minimum atomic E-state index is 0.807. The summed E-state index contributed by atoms with van der Waals surface area (Å²) in [5, 5.41) is 0. The molecule has 2 aromatic rings. The molecule has 3 heterocycles. The number of aromatic nitrogens is 3. The highest BCUT2D eigenvalue weighted by atomic mass is 15.2. The Labute approximate surface area is 144 Å². The molecule has 0 spiro atoms. The first-order chi connectivity index (χ1) is 11.8. The Hall–Kier alpha value is -2.01. The number of rotatable bonds is 5. The molecule has 2 aromatic heterocycles. The van der Waals surface area contributed by atoms with Crippen LogP contribution in [0, 0.1) is 0 Å². The zero-order valence-corrected chi connectivity index (χ0v) is 14.8. The maximum atomic E-state index is 4.86. The smallest absolute Gasteiger partial charge is 0.161 e. The normalized spacial score (nSPS) is 16.2. The zero-order valence-electron chi connectivity index (χ0n) is 14.8. The molecule has 0 N–H and O–H groups in total. The van der Waals surface area contributed by atoms with Gasteiger partial charge in [-0.2, -0.15) is 0 Å². The van der Waals surface area contributed by atoms with E-state index in [0.29, 0.717) is 0 Å². The quantitative estimate of drug-likeness (QED) is 0.845. The van der Waals surface area contributed by atoms with Gasteiger partial charge in [-0.1, -0.05) is 13.8 Å². The summed E-state index contributed by atoms with van der Waals surface area (Å²) in [6.45, 7) is 10.00. The molecule has 5 nitrogen and oxygen atoms in total. The van der Waals surface area contributed by atoms with Gasteiger partial charge in [-0.25, -0.2) is 9.97 Å². The Balaban J connectivity index is 1.85. The molecule has 0 amide bonds. The van der Waals surface area contributed by atoms with Gasteiger partial charge in [0, 0.05) is 49.4 Å². The first kappa shape index (κ1) is 16.8. The fourth-order valence-corrected chi connectivity index (χ4v) is 3.20. The average Bonchev–Trinajstić information content (AvgIpc) is 2.88. The summed E-state index contributed by atoms with van der Waals surface area (Å²) in [5.74, 6) is 1.87. The molecule has 24 heavy (non-hydrogen) atoms. The molecule has 1 saturated heterocycles. The van der Waals surface area contributed by atoms with Crippen molar-refractivity contribution in [3.05, 3.63) is 36.3 Å². The van der Waals surface area contributed by atoms with Crippen LogP contribution >= 0.6 is 0 Å². The van der Waals surface area contributed by atoms with Crippen LogP contribution in [-0.2, 0) is 6.42 Å². The van der Waals surface area contributed by atoms with Gasteiger partial charge in [-0.15, -0.1) is 0 Å². The lowest BCUT2D eigenvalue weighted by molar-refractivity contribution is 0.294. The number of nitrogens with zero attached hydrogens (tertiary/aromatic N) is 5. The lowest BCUT2D eigenvalue weighted by Gasteiger charge is -2.23. The molecule has 128 valence electrons. The van der Waals surface area contributed by atoms with Gasteiger partial charge in [0.15, 0.2) is 5.82 Å². The van der Waals surface area contributed by atoms with E-state index in [1.807, 2.05) is 12.1 Å². The van der Waals surface area contributed by atoms with Crippen LogP contribution in [0.25, 0.3) is 11.4 Å². The van der Waals surface area contributed by atoms with Crippen molar-refractivity contribution in [3.63, 3.8) is 0 Å². The molecule has 0 saturated carbocycles. The molecular formula is C19H27N5. The van der Waals surface area contributed by atoms with Crippen molar-refractivity contribution >= 4 is 5.82 Å². The van der Waals surface area contributed by atoms with Gasteiger partial charge in [-0.3, -0.25) is 4.98 Å². The fraction of sp³-hybridized carbons (Fsp3) is 0.526. The molecule has 0 aliphatic carbocycles. The van der Waals surface area contributed by atoms with Gasteiger partial charge in [0.25, 0.3) is 0 Å². The molecule has 0 unspecified atom stereocenters. The topological polar surface area (TPSA) is 45.2 Å². The van der Waals surface area contributed by atoms with Gasteiger partial charge in [0.05, 0.1) is 0 Å². The summed E-state index contributed by atoms with van der Waals surface area (Å²) < 4.78 is 0. The number of hydrogen-bond donors (Lipinski definition) is 0. The third-order valence-corrected chi connectivity index (χ3v) is 4.52. The van der Waals surface area contributed by atoms with Crippen molar-refractivity contribution in [2.75, 3.05) is 37.6 Å². The first-order valence-electron chi connectivity index (χ1n) is 9.05. The molecular weight excluding hydrogens is 298 g/mol. The zero-order chi connectivity index (χ0) is 16.8.